The van der Waals surface area contributed by atoms with Gasteiger partial charge in [0.05, 0.1) is 12.1 Å². The molecule has 9 nitrogen and oxygen atoms in total. The van der Waals surface area contributed by atoms with Gasteiger partial charge in [0.1, 0.15) is 12.7 Å². The van der Waals surface area contributed by atoms with Crippen molar-refractivity contribution in [1.29, 1.82) is 0 Å². The first-order valence-electron chi connectivity index (χ1n) is 6.33. The quantitative estimate of drug-likeness (QED) is 0.809. The fourth-order valence-corrected chi connectivity index (χ4v) is 1.98. The molecule has 1 atom stereocenters. The minimum absolute atomic E-state index is 0.161. The number of hydrogen-bond donors (Lipinski definition) is 2. The minimum Gasteiger partial charge on any atom is -0.379 e. The first-order chi connectivity index (χ1) is 9.68. The summed E-state index contributed by atoms with van der Waals surface area (Å²) < 4.78 is 6.90. The smallest absolute Gasteiger partial charge is 0.258 e. The molecule has 9 heteroatoms. The second kappa shape index (κ2) is 5.00. The van der Waals surface area contributed by atoms with Crippen molar-refractivity contribution in [1.82, 2.24) is 29.7 Å². The molecule has 3 rings (SSSR count). The van der Waals surface area contributed by atoms with Crippen molar-refractivity contribution in [2.75, 3.05) is 30.9 Å². The van der Waals surface area contributed by atoms with Gasteiger partial charge in [-0.3, -0.25) is 0 Å². The van der Waals surface area contributed by atoms with Crippen molar-refractivity contribution in [3.05, 3.63) is 12.7 Å². The molecule has 2 N–H and O–H groups in total. The molecule has 0 aliphatic carbocycles. The lowest BCUT2D eigenvalue weighted by Crippen LogP contribution is -2.36. The topological polar surface area (TPSA) is 103 Å². The van der Waals surface area contributed by atoms with Crippen LogP contribution >= 0.6 is 0 Å². The molecule has 0 amide bonds. The number of ether oxygens (including phenoxy) is 1. The first-order valence-corrected chi connectivity index (χ1v) is 6.33. The van der Waals surface area contributed by atoms with Crippen LogP contribution in [-0.2, 0) is 4.74 Å². The van der Waals surface area contributed by atoms with Gasteiger partial charge in [-0.25, -0.2) is 4.98 Å². The predicted molar refractivity (Wildman–Crippen MR) is 71.8 cm³/mol. The number of rotatable bonds is 4. The zero-order chi connectivity index (χ0) is 14.0. The molecule has 0 spiro atoms. The summed E-state index contributed by atoms with van der Waals surface area (Å²) in [5, 5.41) is 10.2. The Hall–Kier alpha value is -2.29. The maximum absolute atomic E-state index is 5.41. The van der Waals surface area contributed by atoms with Gasteiger partial charge in [-0.15, -0.1) is 0 Å². The Bertz CT molecular complexity index is 578. The van der Waals surface area contributed by atoms with Gasteiger partial charge in [0.15, 0.2) is 0 Å². The highest BCUT2D eigenvalue weighted by molar-refractivity contribution is 5.39. The van der Waals surface area contributed by atoms with Gasteiger partial charge < -0.3 is 15.4 Å². The molecule has 1 fully saturated rings. The molecule has 106 valence electrons. The van der Waals surface area contributed by atoms with Gasteiger partial charge in [0.25, 0.3) is 5.95 Å². The predicted octanol–water partition coefficient (Wildman–Crippen LogP) is 0.0849. The zero-order valence-corrected chi connectivity index (χ0v) is 11.4. The largest absolute Gasteiger partial charge is 0.379 e. The maximum Gasteiger partial charge on any atom is 0.258 e. The Kier molecular flexibility index (Phi) is 3.18. The number of nitrogens with one attached hydrogen (secondary N) is 2. The van der Waals surface area contributed by atoms with Crippen LogP contribution in [-0.4, -0.2) is 55.5 Å². The van der Waals surface area contributed by atoms with Crippen LogP contribution < -0.4 is 10.6 Å². The van der Waals surface area contributed by atoms with Crippen molar-refractivity contribution < 1.29 is 4.74 Å². The monoisotopic (exact) mass is 276 g/mol. The van der Waals surface area contributed by atoms with Crippen molar-refractivity contribution in [2.45, 2.75) is 18.9 Å². The first kappa shape index (κ1) is 12.7. The van der Waals surface area contributed by atoms with Gasteiger partial charge in [-0.1, -0.05) is 0 Å². The molecule has 0 radical (unpaired) electrons. The molecule has 2 aromatic rings. The standard InChI is InChI=1S/C11H16N8O/c1-11(3-4-20-5-11)18-9-15-8(12-2)16-10(17-9)19-7-13-6-14-19/h6-7H,3-5H2,1-2H3,(H2,12,15,16,17,18). The summed E-state index contributed by atoms with van der Waals surface area (Å²) in [5.74, 6) is 1.37. The number of aromatic nitrogens is 6. The van der Waals surface area contributed by atoms with E-state index in [1.807, 2.05) is 0 Å². The molecule has 20 heavy (non-hydrogen) atoms. The van der Waals surface area contributed by atoms with Gasteiger partial charge in [-0.05, 0) is 13.3 Å². The third-order valence-corrected chi connectivity index (χ3v) is 3.10. The van der Waals surface area contributed by atoms with E-state index in [9.17, 15) is 0 Å². The highest BCUT2D eigenvalue weighted by Gasteiger charge is 2.30. The summed E-state index contributed by atoms with van der Waals surface area (Å²) in [5.41, 5.74) is -0.161. The van der Waals surface area contributed by atoms with E-state index in [1.165, 1.54) is 11.0 Å². The van der Waals surface area contributed by atoms with Crippen LogP contribution in [0, 0.1) is 0 Å². The van der Waals surface area contributed by atoms with Crippen molar-refractivity contribution in [3.8, 4) is 5.95 Å². The Morgan fingerprint density at radius 1 is 1.30 bits per heavy atom. The van der Waals surface area contributed by atoms with E-state index in [2.05, 4.69) is 42.6 Å². The van der Waals surface area contributed by atoms with E-state index in [4.69, 9.17) is 4.74 Å². The normalized spacial score (nSPS) is 21.9. The summed E-state index contributed by atoms with van der Waals surface area (Å²) in [6, 6.07) is 0. The van der Waals surface area contributed by atoms with Gasteiger partial charge >= 0.3 is 0 Å². The van der Waals surface area contributed by atoms with Crippen LogP contribution in [0.4, 0.5) is 11.9 Å². The van der Waals surface area contributed by atoms with Crippen LogP contribution in [0.2, 0.25) is 0 Å². The second-order valence-corrected chi connectivity index (χ2v) is 4.86. The van der Waals surface area contributed by atoms with Gasteiger partial charge in [-0.2, -0.15) is 24.7 Å². The molecule has 1 aliphatic rings. The Morgan fingerprint density at radius 2 is 2.15 bits per heavy atom. The fourth-order valence-electron chi connectivity index (χ4n) is 1.98. The molecule has 0 bridgehead atoms. The molecule has 1 saturated heterocycles. The average Bonchev–Trinajstić information content (AvgIpc) is 3.09. The van der Waals surface area contributed by atoms with Crippen LogP contribution in [0.1, 0.15) is 13.3 Å². The van der Waals surface area contributed by atoms with Crippen LogP contribution in [0.25, 0.3) is 5.95 Å². The molecular weight excluding hydrogens is 260 g/mol. The Labute approximate surface area is 115 Å². The summed E-state index contributed by atoms with van der Waals surface area (Å²) in [6.07, 6.45) is 3.88. The summed E-state index contributed by atoms with van der Waals surface area (Å²) in [4.78, 5) is 16.8. The molecular formula is C11H16N8O. The van der Waals surface area contributed by atoms with Gasteiger partial charge in [0.2, 0.25) is 11.9 Å². The zero-order valence-electron chi connectivity index (χ0n) is 11.4. The lowest BCUT2D eigenvalue weighted by molar-refractivity contribution is 0.185. The third kappa shape index (κ3) is 2.52. The van der Waals surface area contributed by atoms with Gasteiger partial charge in [0, 0.05) is 13.7 Å². The number of anilines is 2. The van der Waals surface area contributed by atoms with Crippen LogP contribution in [0.3, 0.4) is 0 Å². The summed E-state index contributed by atoms with van der Waals surface area (Å²) >= 11 is 0. The second-order valence-electron chi connectivity index (χ2n) is 4.86. The Balaban J connectivity index is 1.92. The SMILES string of the molecule is CNc1nc(NC2(C)CCOC2)nc(-n2cncn2)n1. The minimum atomic E-state index is -0.161. The summed E-state index contributed by atoms with van der Waals surface area (Å²) in [7, 11) is 1.75. The molecule has 0 saturated carbocycles. The van der Waals surface area contributed by atoms with Crippen molar-refractivity contribution in [2.24, 2.45) is 0 Å². The lowest BCUT2D eigenvalue weighted by atomic mass is 10.0. The molecule has 2 aromatic heterocycles. The van der Waals surface area contributed by atoms with E-state index in [1.54, 1.807) is 13.4 Å². The fraction of sp³-hybridized carbons (Fsp3) is 0.545. The van der Waals surface area contributed by atoms with E-state index < -0.39 is 0 Å². The Morgan fingerprint density at radius 3 is 2.80 bits per heavy atom. The molecule has 1 aliphatic heterocycles. The third-order valence-electron chi connectivity index (χ3n) is 3.10. The molecule has 3 heterocycles. The van der Waals surface area contributed by atoms with Crippen LogP contribution in [0.5, 0.6) is 0 Å². The summed E-state index contributed by atoms with van der Waals surface area (Å²) in [6.45, 7) is 3.45. The van der Waals surface area contributed by atoms with E-state index in [-0.39, 0.29) is 5.54 Å². The van der Waals surface area contributed by atoms with Crippen molar-refractivity contribution >= 4 is 11.9 Å². The lowest BCUT2D eigenvalue weighted by Gasteiger charge is -2.23. The van der Waals surface area contributed by atoms with E-state index in [0.29, 0.717) is 24.5 Å². The van der Waals surface area contributed by atoms with E-state index >= 15 is 0 Å². The van der Waals surface area contributed by atoms with Crippen LogP contribution in [0.15, 0.2) is 12.7 Å². The number of hydrogen-bond acceptors (Lipinski definition) is 8. The number of nitrogens with zero attached hydrogens (tertiary/aromatic N) is 6. The van der Waals surface area contributed by atoms with E-state index in [0.717, 1.165) is 13.0 Å². The highest BCUT2D eigenvalue weighted by atomic mass is 16.5. The van der Waals surface area contributed by atoms with Crippen molar-refractivity contribution in [3.63, 3.8) is 0 Å². The maximum atomic E-state index is 5.41. The highest BCUT2D eigenvalue weighted by Crippen LogP contribution is 2.22. The average molecular weight is 276 g/mol. The molecule has 1 unspecified atom stereocenters. The molecule has 0 aromatic carbocycles.